The van der Waals surface area contributed by atoms with Crippen molar-refractivity contribution in [3.05, 3.63) is 120 Å². The third-order valence-corrected chi connectivity index (χ3v) is 8.62. The lowest BCUT2D eigenvalue weighted by Crippen LogP contribution is -1.92. The average Bonchev–Trinajstić information content (AvgIpc) is 2.98. The zero-order valence-electron chi connectivity index (χ0n) is 23.2. The molecule has 39 heavy (non-hydrogen) atoms. The minimum atomic E-state index is 1.19. The van der Waals surface area contributed by atoms with Gasteiger partial charge in [-0.05, 0) is 92.0 Å². The predicted octanol–water partition coefficient (Wildman–Crippen LogP) is 11.6. The number of benzene rings is 6. The van der Waals surface area contributed by atoms with Crippen LogP contribution in [0.25, 0.3) is 43.1 Å². The Balaban J connectivity index is 0.929. The molecule has 0 saturated carbocycles. The maximum absolute atomic E-state index is 2.35. The maximum Gasteiger partial charge on any atom is -0.0146 e. The van der Waals surface area contributed by atoms with Crippen molar-refractivity contribution in [3.63, 3.8) is 0 Å². The van der Waals surface area contributed by atoms with Gasteiger partial charge in [0.05, 0.1) is 0 Å². The van der Waals surface area contributed by atoms with E-state index in [0.29, 0.717) is 0 Å². The molecule has 6 aromatic carbocycles. The largest absolute Gasteiger partial charge is 0.0616 e. The molecule has 0 atom stereocenters. The maximum atomic E-state index is 2.35. The van der Waals surface area contributed by atoms with Crippen molar-refractivity contribution in [2.24, 2.45) is 0 Å². The third kappa shape index (κ3) is 5.86. The Kier molecular flexibility index (Phi) is 8.20. The molecule has 0 aliphatic heterocycles. The van der Waals surface area contributed by atoms with E-state index >= 15 is 0 Å². The lowest BCUT2D eigenvalue weighted by atomic mass is 9.93. The van der Waals surface area contributed by atoms with Crippen LogP contribution in [0.15, 0.2) is 109 Å². The molecule has 0 bridgehead atoms. The monoisotopic (exact) mass is 508 g/mol. The summed E-state index contributed by atoms with van der Waals surface area (Å²) >= 11 is 0. The average molecular weight is 509 g/mol. The van der Waals surface area contributed by atoms with Gasteiger partial charge < -0.3 is 0 Å². The van der Waals surface area contributed by atoms with Gasteiger partial charge in [0, 0.05) is 0 Å². The summed E-state index contributed by atoms with van der Waals surface area (Å²) in [5.74, 6) is 0. The van der Waals surface area contributed by atoms with Crippen molar-refractivity contribution in [2.75, 3.05) is 0 Å². The molecule has 0 aliphatic carbocycles. The summed E-state index contributed by atoms with van der Waals surface area (Å²) in [6.45, 7) is 0. The van der Waals surface area contributed by atoms with Crippen molar-refractivity contribution in [3.8, 4) is 0 Å². The summed E-state index contributed by atoms with van der Waals surface area (Å²) in [4.78, 5) is 0. The molecule has 0 N–H and O–H groups in total. The molecule has 6 aromatic rings. The van der Waals surface area contributed by atoms with E-state index in [1.54, 1.807) is 11.1 Å². The van der Waals surface area contributed by atoms with Crippen LogP contribution in [-0.4, -0.2) is 0 Å². The summed E-state index contributed by atoms with van der Waals surface area (Å²) in [6, 6.07) is 40.3. The van der Waals surface area contributed by atoms with Crippen LogP contribution in [0.2, 0.25) is 0 Å². The van der Waals surface area contributed by atoms with E-state index in [1.165, 1.54) is 114 Å². The second kappa shape index (κ2) is 12.5. The molecule has 6 rings (SSSR count). The number of hydrogen-bond acceptors (Lipinski definition) is 0. The molecule has 196 valence electrons. The molecule has 0 unspecified atom stereocenters. The molecular formula is C39H40. The Hall–Kier alpha value is -3.64. The lowest BCUT2D eigenvalue weighted by Gasteiger charge is -2.12. The molecule has 0 fully saturated rings. The van der Waals surface area contributed by atoms with Gasteiger partial charge in [0.2, 0.25) is 0 Å². The second-order valence-electron chi connectivity index (χ2n) is 11.3. The van der Waals surface area contributed by atoms with E-state index < -0.39 is 0 Å². The van der Waals surface area contributed by atoms with Crippen LogP contribution in [0.1, 0.15) is 68.9 Å². The highest BCUT2D eigenvalue weighted by Crippen LogP contribution is 2.31. The number of fused-ring (bicyclic) bond motifs is 4. The number of aryl methyl sites for hydroxylation is 2. The van der Waals surface area contributed by atoms with Crippen LogP contribution < -0.4 is 0 Å². The van der Waals surface area contributed by atoms with Gasteiger partial charge >= 0.3 is 0 Å². The van der Waals surface area contributed by atoms with Gasteiger partial charge in [-0.15, -0.1) is 0 Å². The molecule has 0 nitrogen and oxygen atoms in total. The first-order chi connectivity index (χ1) is 19.4. The Morgan fingerprint density at radius 2 is 0.538 bits per heavy atom. The highest BCUT2D eigenvalue weighted by Gasteiger charge is 2.08. The lowest BCUT2D eigenvalue weighted by molar-refractivity contribution is 0.559. The summed E-state index contributed by atoms with van der Waals surface area (Å²) in [7, 11) is 0. The molecule has 0 aliphatic rings. The van der Waals surface area contributed by atoms with E-state index in [4.69, 9.17) is 0 Å². The van der Waals surface area contributed by atoms with Gasteiger partial charge in [0.25, 0.3) is 0 Å². The number of unbranched alkanes of at least 4 members (excludes halogenated alkanes) is 8. The van der Waals surface area contributed by atoms with Crippen LogP contribution >= 0.6 is 0 Å². The smallest absolute Gasteiger partial charge is 0.0146 e. The van der Waals surface area contributed by atoms with Crippen LogP contribution in [0, 0.1) is 0 Å². The summed E-state index contributed by atoms with van der Waals surface area (Å²) in [5, 5.41) is 11.3. The van der Waals surface area contributed by atoms with E-state index in [-0.39, 0.29) is 0 Å². The Morgan fingerprint density at radius 1 is 0.282 bits per heavy atom. The second-order valence-corrected chi connectivity index (χ2v) is 11.3. The topological polar surface area (TPSA) is 0 Å². The minimum absolute atomic E-state index is 1.19. The van der Waals surface area contributed by atoms with Gasteiger partial charge in [-0.2, -0.15) is 0 Å². The van der Waals surface area contributed by atoms with Crippen LogP contribution in [0.5, 0.6) is 0 Å². The first kappa shape index (κ1) is 25.6. The molecule has 0 heteroatoms. The standard InChI is InChI=1S/C39H40/c1(2-4-6-8-26-38-34-22-14-10-18-30(34)28-31-19-11-15-23-35(31)38)3-5-7-9-27-39-36-24-16-12-20-32(36)29-33-21-13-17-25-37(33)39/h10-25,28-29H,1-9,26-27H2. The van der Waals surface area contributed by atoms with Gasteiger partial charge in [-0.25, -0.2) is 0 Å². The fourth-order valence-corrected chi connectivity index (χ4v) is 6.60. The van der Waals surface area contributed by atoms with Crippen molar-refractivity contribution in [2.45, 2.75) is 70.6 Å². The van der Waals surface area contributed by atoms with Gasteiger partial charge in [-0.3, -0.25) is 0 Å². The van der Waals surface area contributed by atoms with Crippen LogP contribution in [-0.2, 0) is 12.8 Å². The summed E-state index contributed by atoms with van der Waals surface area (Å²) in [6.07, 6.45) is 14.5. The number of hydrogen-bond donors (Lipinski definition) is 0. The molecule has 0 aromatic heterocycles. The zero-order chi connectivity index (χ0) is 26.3. The van der Waals surface area contributed by atoms with E-state index in [9.17, 15) is 0 Å². The third-order valence-electron chi connectivity index (χ3n) is 8.62. The summed E-state index contributed by atoms with van der Waals surface area (Å²) in [5.41, 5.74) is 3.09. The molecule has 0 radical (unpaired) electrons. The molecule has 0 saturated heterocycles. The summed E-state index contributed by atoms with van der Waals surface area (Å²) < 4.78 is 0. The van der Waals surface area contributed by atoms with E-state index in [2.05, 4.69) is 109 Å². The molecular weight excluding hydrogens is 468 g/mol. The van der Waals surface area contributed by atoms with Crippen molar-refractivity contribution in [1.82, 2.24) is 0 Å². The van der Waals surface area contributed by atoms with Gasteiger partial charge in [0.15, 0.2) is 0 Å². The Morgan fingerprint density at radius 3 is 0.846 bits per heavy atom. The SMILES string of the molecule is c1ccc2c(CCCCCCCCCCCc3c4ccccc4cc4ccccc34)c3ccccc3cc2c1. The van der Waals surface area contributed by atoms with Gasteiger partial charge in [0.1, 0.15) is 0 Å². The fraction of sp³-hybridized carbons (Fsp3) is 0.282. The number of rotatable bonds is 12. The highest BCUT2D eigenvalue weighted by atomic mass is 14.1. The van der Waals surface area contributed by atoms with Crippen molar-refractivity contribution in [1.29, 1.82) is 0 Å². The normalized spacial score (nSPS) is 11.7. The predicted molar refractivity (Wildman–Crippen MR) is 172 cm³/mol. The first-order valence-corrected chi connectivity index (χ1v) is 15.2. The van der Waals surface area contributed by atoms with Crippen LogP contribution in [0.4, 0.5) is 0 Å². The quantitative estimate of drug-likeness (QED) is 0.114. The Labute approximate surface area is 233 Å². The Bertz CT molecular complexity index is 1450. The van der Waals surface area contributed by atoms with Crippen molar-refractivity contribution >= 4 is 43.1 Å². The molecule has 0 heterocycles. The molecule has 0 spiro atoms. The van der Waals surface area contributed by atoms with Crippen molar-refractivity contribution < 1.29 is 0 Å². The molecule has 0 amide bonds. The van der Waals surface area contributed by atoms with E-state index in [0.717, 1.165) is 0 Å². The fourth-order valence-electron chi connectivity index (χ4n) is 6.60. The van der Waals surface area contributed by atoms with Crippen LogP contribution in [0.3, 0.4) is 0 Å². The zero-order valence-corrected chi connectivity index (χ0v) is 23.2. The van der Waals surface area contributed by atoms with E-state index in [1.807, 2.05) is 0 Å². The first-order valence-electron chi connectivity index (χ1n) is 15.2. The highest BCUT2D eigenvalue weighted by molar-refractivity contribution is 6.03. The van der Waals surface area contributed by atoms with Gasteiger partial charge in [-0.1, -0.05) is 142 Å². The minimum Gasteiger partial charge on any atom is -0.0616 e.